The molecule has 0 saturated carbocycles. The van der Waals surface area contributed by atoms with E-state index in [0.29, 0.717) is 5.75 Å². The number of rotatable bonds is 5. The zero-order chi connectivity index (χ0) is 20.4. The number of hydrogen-bond acceptors (Lipinski definition) is 6. The summed E-state index contributed by atoms with van der Waals surface area (Å²) in [7, 11) is 1.65. The van der Waals surface area contributed by atoms with E-state index in [1.807, 2.05) is 29.2 Å². The summed E-state index contributed by atoms with van der Waals surface area (Å²) in [4.78, 5) is 22.8. The van der Waals surface area contributed by atoms with E-state index >= 15 is 0 Å². The van der Waals surface area contributed by atoms with Crippen LogP contribution in [0.15, 0.2) is 41.3 Å². The molecule has 2 heterocycles. The normalized spacial score (nSPS) is 14.4. The van der Waals surface area contributed by atoms with E-state index in [9.17, 15) is 4.79 Å². The Kier molecular flexibility index (Phi) is 5.96. The summed E-state index contributed by atoms with van der Waals surface area (Å²) in [5, 5.41) is 1.06. The Morgan fingerprint density at radius 2 is 1.86 bits per heavy atom. The van der Waals surface area contributed by atoms with Gasteiger partial charge in [-0.15, -0.1) is 11.8 Å². The van der Waals surface area contributed by atoms with E-state index in [2.05, 4.69) is 30.9 Å². The van der Waals surface area contributed by atoms with E-state index in [1.54, 1.807) is 30.2 Å². The molecule has 152 valence electrons. The Hall–Kier alpha value is -2.25. The smallest absolute Gasteiger partial charge is 0.233 e. The van der Waals surface area contributed by atoms with Gasteiger partial charge in [-0.3, -0.25) is 4.79 Å². The second kappa shape index (κ2) is 8.63. The summed E-state index contributed by atoms with van der Waals surface area (Å²) >= 11 is 3.33. The average Bonchev–Trinajstić information content (AvgIpc) is 3.17. The molecule has 1 saturated heterocycles. The van der Waals surface area contributed by atoms with Crippen molar-refractivity contribution in [1.29, 1.82) is 0 Å². The van der Waals surface area contributed by atoms with Gasteiger partial charge in [-0.05, 0) is 55.3 Å². The molecule has 0 radical (unpaired) electrons. The molecule has 0 aliphatic carbocycles. The van der Waals surface area contributed by atoms with Gasteiger partial charge in [0.1, 0.15) is 5.75 Å². The molecule has 0 bridgehead atoms. The highest BCUT2D eigenvalue weighted by molar-refractivity contribution is 8.00. The minimum absolute atomic E-state index is 0.196. The Bertz CT molecular complexity index is 1010. The first-order chi connectivity index (χ1) is 14.0. The zero-order valence-corrected chi connectivity index (χ0v) is 18.6. The summed E-state index contributed by atoms with van der Waals surface area (Å²) in [6, 6.07) is 12.2. The van der Waals surface area contributed by atoms with Crippen molar-refractivity contribution < 1.29 is 9.53 Å². The van der Waals surface area contributed by atoms with Crippen LogP contribution in [-0.2, 0) is 4.79 Å². The van der Waals surface area contributed by atoms with E-state index in [-0.39, 0.29) is 5.91 Å². The molecule has 0 unspecified atom stereocenters. The number of amides is 1. The second-order valence-electron chi connectivity index (χ2n) is 7.26. The van der Waals surface area contributed by atoms with Gasteiger partial charge in [-0.1, -0.05) is 17.4 Å². The van der Waals surface area contributed by atoms with Crippen molar-refractivity contribution >= 4 is 44.4 Å². The van der Waals surface area contributed by atoms with Crippen LogP contribution in [-0.4, -0.2) is 54.8 Å². The summed E-state index contributed by atoms with van der Waals surface area (Å²) in [5.41, 5.74) is 3.61. The SMILES string of the molecule is COc1ccc(SCC(=O)N2CCN(c3nc4cc(C)cc(C)c4s3)CC2)cc1. The first-order valence-electron chi connectivity index (χ1n) is 9.71. The summed E-state index contributed by atoms with van der Waals surface area (Å²) in [6.45, 7) is 7.41. The van der Waals surface area contributed by atoms with E-state index in [1.165, 1.54) is 15.8 Å². The maximum atomic E-state index is 12.6. The maximum absolute atomic E-state index is 12.6. The van der Waals surface area contributed by atoms with Gasteiger partial charge in [0.15, 0.2) is 5.13 Å². The van der Waals surface area contributed by atoms with Crippen LogP contribution in [0.25, 0.3) is 10.2 Å². The number of fused-ring (bicyclic) bond motifs is 1. The summed E-state index contributed by atoms with van der Waals surface area (Å²) < 4.78 is 6.44. The van der Waals surface area contributed by atoms with Gasteiger partial charge >= 0.3 is 0 Å². The Morgan fingerprint density at radius 1 is 1.14 bits per heavy atom. The molecule has 1 fully saturated rings. The molecule has 1 amide bonds. The highest BCUT2D eigenvalue weighted by atomic mass is 32.2. The monoisotopic (exact) mass is 427 g/mol. The van der Waals surface area contributed by atoms with Gasteiger partial charge in [0.25, 0.3) is 0 Å². The van der Waals surface area contributed by atoms with E-state index in [4.69, 9.17) is 9.72 Å². The predicted octanol–water partition coefficient (Wildman–Crippen LogP) is 4.36. The fourth-order valence-corrected chi connectivity index (χ4v) is 5.42. The zero-order valence-electron chi connectivity index (χ0n) is 17.0. The van der Waals surface area contributed by atoms with Crippen LogP contribution in [0.2, 0.25) is 0 Å². The number of benzene rings is 2. The number of carbonyl (C=O) groups excluding carboxylic acids is 1. The van der Waals surface area contributed by atoms with Crippen molar-refractivity contribution in [2.75, 3.05) is 43.9 Å². The third-order valence-electron chi connectivity index (χ3n) is 5.13. The molecule has 0 atom stereocenters. The minimum atomic E-state index is 0.196. The molecule has 2 aromatic carbocycles. The minimum Gasteiger partial charge on any atom is -0.497 e. The number of piperazine rings is 1. The number of carbonyl (C=O) groups is 1. The van der Waals surface area contributed by atoms with Crippen molar-refractivity contribution in [1.82, 2.24) is 9.88 Å². The topological polar surface area (TPSA) is 45.7 Å². The fraction of sp³-hybridized carbons (Fsp3) is 0.364. The van der Waals surface area contributed by atoms with Gasteiger partial charge in [0.05, 0.1) is 23.1 Å². The molecule has 3 aromatic rings. The number of anilines is 1. The standard InChI is InChI=1S/C22H25N3O2S2/c1-15-12-16(2)21-19(13-15)23-22(29-21)25-10-8-24(9-11-25)20(26)14-28-18-6-4-17(27-3)5-7-18/h4-7,12-13H,8-11,14H2,1-3H3. The van der Waals surface area contributed by atoms with Gasteiger partial charge in [0.2, 0.25) is 5.91 Å². The van der Waals surface area contributed by atoms with Crippen LogP contribution in [0.1, 0.15) is 11.1 Å². The number of nitrogens with zero attached hydrogens (tertiary/aromatic N) is 3. The summed E-state index contributed by atoms with van der Waals surface area (Å²) in [6.07, 6.45) is 0. The molecule has 1 aliphatic heterocycles. The van der Waals surface area contributed by atoms with Crippen LogP contribution < -0.4 is 9.64 Å². The van der Waals surface area contributed by atoms with Crippen molar-refractivity contribution in [2.45, 2.75) is 18.7 Å². The molecule has 0 spiro atoms. The van der Waals surface area contributed by atoms with Gasteiger partial charge < -0.3 is 14.5 Å². The van der Waals surface area contributed by atoms with Crippen LogP contribution in [0.3, 0.4) is 0 Å². The van der Waals surface area contributed by atoms with Crippen molar-refractivity contribution in [3.05, 3.63) is 47.5 Å². The maximum Gasteiger partial charge on any atom is 0.233 e. The van der Waals surface area contributed by atoms with Crippen LogP contribution in [0, 0.1) is 13.8 Å². The van der Waals surface area contributed by atoms with Crippen LogP contribution >= 0.6 is 23.1 Å². The lowest BCUT2D eigenvalue weighted by atomic mass is 10.1. The first kappa shape index (κ1) is 20.0. The number of aromatic nitrogens is 1. The molecule has 29 heavy (non-hydrogen) atoms. The molecule has 1 aromatic heterocycles. The second-order valence-corrected chi connectivity index (χ2v) is 9.28. The Morgan fingerprint density at radius 3 is 2.55 bits per heavy atom. The quantitative estimate of drug-likeness (QED) is 0.566. The molecule has 0 N–H and O–H groups in total. The van der Waals surface area contributed by atoms with Gasteiger partial charge in [0, 0.05) is 31.1 Å². The van der Waals surface area contributed by atoms with Gasteiger partial charge in [-0.25, -0.2) is 4.98 Å². The molecule has 5 nitrogen and oxygen atoms in total. The predicted molar refractivity (Wildman–Crippen MR) is 122 cm³/mol. The highest BCUT2D eigenvalue weighted by Gasteiger charge is 2.23. The Labute approximate surface area is 179 Å². The number of thiazole rings is 1. The molecule has 4 rings (SSSR count). The molecule has 1 aliphatic rings. The van der Waals surface area contributed by atoms with Crippen LogP contribution in [0.5, 0.6) is 5.75 Å². The molecular formula is C22H25N3O2S2. The number of ether oxygens (including phenoxy) is 1. The molecular weight excluding hydrogens is 402 g/mol. The number of methoxy groups -OCH3 is 1. The average molecular weight is 428 g/mol. The lowest BCUT2D eigenvalue weighted by molar-refractivity contribution is -0.128. The third kappa shape index (κ3) is 4.51. The largest absolute Gasteiger partial charge is 0.497 e. The highest BCUT2D eigenvalue weighted by Crippen LogP contribution is 2.32. The van der Waals surface area contributed by atoms with Crippen LogP contribution in [0.4, 0.5) is 5.13 Å². The first-order valence-corrected chi connectivity index (χ1v) is 11.5. The Balaban J connectivity index is 1.32. The van der Waals surface area contributed by atoms with E-state index in [0.717, 1.165) is 47.5 Å². The summed E-state index contributed by atoms with van der Waals surface area (Å²) in [5.74, 6) is 1.49. The molecule has 7 heteroatoms. The number of aryl methyl sites for hydroxylation is 2. The number of hydrogen-bond donors (Lipinski definition) is 0. The van der Waals surface area contributed by atoms with Crippen molar-refractivity contribution in [2.24, 2.45) is 0 Å². The third-order valence-corrected chi connectivity index (χ3v) is 7.40. The van der Waals surface area contributed by atoms with Crippen molar-refractivity contribution in [3.63, 3.8) is 0 Å². The lowest BCUT2D eigenvalue weighted by Gasteiger charge is -2.34. The van der Waals surface area contributed by atoms with Gasteiger partial charge in [-0.2, -0.15) is 0 Å². The van der Waals surface area contributed by atoms with Crippen molar-refractivity contribution in [3.8, 4) is 5.75 Å². The fourth-order valence-electron chi connectivity index (χ4n) is 3.56. The van der Waals surface area contributed by atoms with E-state index < -0.39 is 0 Å². The number of thioether (sulfide) groups is 1. The lowest BCUT2D eigenvalue weighted by Crippen LogP contribution is -2.49.